The Bertz CT molecular complexity index is 922. The molecule has 0 saturated heterocycles. The van der Waals surface area contributed by atoms with Gasteiger partial charge in [-0.05, 0) is 43.2 Å². The van der Waals surface area contributed by atoms with Crippen LogP contribution in [-0.2, 0) is 0 Å². The fraction of sp³-hybridized carbons (Fsp3) is 0.286. The first-order chi connectivity index (χ1) is 12.8. The van der Waals surface area contributed by atoms with Gasteiger partial charge < -0.3 is 10.4 Å². The fourth-order valence-corrected chi connectivity index (χ4v) is 3.14. The lowest BCUT2D eigenvalue weighted by molar-refractivity contribution is 0.0550. The molecule has 1 aliphatic rings. The van der Waals surface area contributed by atoms with Crippen LogP contribution in [0.25, 0.3) is 0 Å². The second-order valence-electron chi connectivity index (χ2n) is 6.84. The first-order valence-corrected chi connectivity index (χ1v) is 8.96. The first-order valence-electron chi connectivity index (χ1n) is 8.96. The quantitative estimate of drug-likeness (QED) is 0.624. The number of carbonyl (C=O) groups is 3. The SMILES string of the molecule is CCC(C)C(C)N1C(=O)c2ccc(C(=O)Nc3ccccc3O)cc2C1=O. The van der Waals surface area contributed by atoms with E-state index >= 15 is 0 Å². The molecule has 2 aromatic carbocycles. The number of benzene rings is 2. The van der Waals surface area contributed by atoms with Gasteiger partial charge >= 0.3 is 0 Å². The Labute approximate surface area is 157 Å². The average molecular weight is 366 g/mol. The molecule has 2 unspecified atom stereocenters. The number of amides is 3. The number of nitrogens with one attached hydrogen (secondary N) is 1. The Morgan fingerprint density at radius 3 is 2.41 bits per heavy atom. The third-order valence-corrected chi connectivity index (χ3v) is 5.21. The van der Waals surface area contributed by atoms with Gasteiger partial charge in [-0.25, -0.2) is 0 Å². The highest BCUT2D eigenvalue weighted by molar-refractivity contribution is 6.22. The van der Waals surface area contributed by atoms with E-state index in [0.717, 1.165) is 6.42 Å². The third kappa shape index (κ3) is 3.30. The van der Waals surface area contributed by atoms with Crippen LogP contribution in [0.2, 0.25) is 0 Å². The summed E-state index contributed by atoms with van der Waals surface area (Å²) in [6.45, 7) is 5.88. The van der Waals surface area contributed by atoms with Crippen molar-refractivity contribution in [3.05, 3.63) is 59.2 Å². The van der Waals surface area contributed by atoms with Crippen LogP contribution < -0.4 is 5.32 Å². The molecule has 6 heteroatoms. The highest BCUT2D eigenvalue weighted by atomic mass is 16.3. The molecule has 0 spiro atoms. The topological polar surface area (TPSA) is 86.7 Å². The zero-order chi connectivity index (χ0) is 19.7. The van der Waals surface area contributed by atoms with E-state index in [9.17, 15) is 19.5 Å². The summed E-state index contributed by atoms with van der Waals surface area (Å²) in [5.74, 6) is -1.04. The standard InChI is InChI=1S/C21H22N2O4/c1-4-12(2)13(3)23-20(26)15-10-9-14(11-16(15)21(23)27)19(25)22-17-7-5-6-8-18(17)24/h5-13,24H,4H2,1-3H3,(H,22,25). The molecule has 0 fully saturated rings. The molecule has 3 rings (SSSR count). The normalized spacial score (nSPS) is 15.4. The van der Waals surface area contributed by atoms with Gasteiger partial charge in [0.15, 0.2) is 0 Å². The van der Waals surface area contributed by atoms with Gasteiger partial charge in [0.05, 0.1) is 16.8 Å². The zero-order valence-corrected chi connectivity index (χ0v) is 15.5. The molecule has 140 valence electrons. The van der Waals surface area contributed by atoms with Crippen molar-refractivity contribution in [2.75, 3.05) is 5.32 Å². The number of phenolic OH excluding ortho intramolecular Hbond substituents is 1. The van der Waals surface area contributed by atoms with Crippen molar-refractivity contribution in [2.45, 2.75) is 33.2 Å². The number of aromatic hydroxyl groups is 1. The lowest BCUT2D eigenvalue weighted by Crippen LogP contribution is -2.41. The van der Waals surface area contributed by atoms with Gasteiger partial charge in [-0.2, -0.15) is 0 Å². The van der Waals surface area contributed by atoms with Crippen molar-refractivity contribution in [3.63, 3.8) is 0 Å². The molecule has 2 N–H and O–H groups in total. The summed E-state index contributed by atoms with van der Waals surface area (Å²) in [7, 11) is 0. The predicted molar refractivity (Wildman–Crippen MR) is 102 cm³/mol. The molecule has 0 radical (unpaired) electrons. The molecule has 3 amide bonds. The van der Waals surface area contributed by atoms with Crippen molar-refractivity contribution in [1.82, 2.24) is 4.90 Å². The second-order valence-corrected chi connectivity index (χ2v) is 6.84. The lowest BCUT2D eigenvalue weighted by atomic mass is 9.99. The summed E-state index contributed by atoms with van der Waals surface area (Å²) >= 11 is 0. The number of carbonyl (C=O) groups excluding carboxylic acids is 3. The highest BCUT2D eigenvalue weighted by Crippen LogP contribution is 2.29. The van der Waals surface area contributed by atoms with Crippen molar-refractivity contribution < 1.29 is 19.5 Å². The van der Waals surface area contributed by atoms with Gasteiger partial charge in [0.25, 0.3) is 17.7 Å². The summed E-state index contributed by atoms with van der Waals surface area (Å²) in [4.78, 5) is 39.2. The number of hydrogen-bond acceptors (Lipinski definition) is 4. The van der Waals surface area contributed by atoms with E-state index in [1.54, 1.807) is 18.2 Å². The highest BCUT2D eigenvalue weighted by Gasteiger charge is 2.40. The molecular weight excluding hydrogens is 344 g/mol. The Balaban J connectivity index is 1.88. The average Bonchev–Trinajstić information content (AvgIpc) is 2.92. The van der Waals surface area contributed by atoms with Crippen LogP contribution in [0.5, 0.6) is 5.75 Å². The number of anilines is 1. The molecule has 2 aromatic rings. The Morgan fingerprint density at radius 1 is 1.07 bits per heavy atom. The van der Waals surface area contributed by atoms with Gasteiger partial charge in [-0.15, -0.1) is 0 Å². The summed E-state index contributed by atoms with van der Waals surface area (Å²) < 4.78 is 0. The van der Waals surface area contributed by atoms with Crippen LogP contribution >= 0.6 is 0 Å². The number of nitrogens with zero attached hydrogens (tertiary/aromatic N) is 1. The molecule has 2 atom stereocenters. The minimum atomic E-state index is -0.465. The van der Waals surface area contributed by atoms with E-state index in [4.69, 9.17) is 0 Å². The molecule has 1 heterocycles. The minimum absolute atomic E-state index is 0.0492. The third-order valence-electron chi connectivity index (χ3n) is 5.21. The molecule has 0 aliphatic carbocycles. The second kappa shape index (κ2) is 7.23. The van der Waals surface area contributed by atoms with E-state index in [1.807, 2.05) is 20.8 Å². The molecule has 0 saturated carbocycles. The molecule has 27 heavy (non-hydrogen) atoms. The van der Waals surface area contributed by atoms with Crippen LogP contribution in [-0.4, -0.2) is 33.8 Å². The molecule has 1 aliphatic heterocycles. The molecule has 0 aromatic heterocycles. The molecular formula is C21H22N2O4. The summed E-state index contributed by atoms with van der Waals surface area (Å²) in [5.41, 5.74) is 1.07. The first kappa shape index (κ1) is 18.6. The van der Waals surface area contributed by atoms with Crippen LogP contribution in [0.3, 0.4) is 0 Å². The Hall–Kier alpha value is -3.15. The van der Waals surface area contributed by atoms with Gasteiger partial charge in [0.2, 0.25) is 0 Å². The summed E-state index contributed by atoms with van der Waals surface area (Å²) in [6, 6.07) is 10.6. The largest absolute Gasteiger partial charge is 0.506 e. The maximum Gasteiger partial charge on any atom is 0.261 e. The van der Waals surface area contributed by atoms with Gasteiger partial charge in [0.1, 0.15) is 5.75 Å². The van der Waals surface area contributed by atoms with Crippen LogP contribution in [0.1, 0.15) is 58.3 Å². The number of rotatable bonds is 5. The zero-order valence-electron chi connectivity index (χ0n) is 15.5. The number of imide groups is 1. The van der Waals surface area contributed by atoms with Gasteiger partial charge in [0, 0.05) is 11.6 Å². The minimum Gasteiger partial charge on any atom is -0.506 e. The van der Waals surface area contributed by atoms with Crippen LogP contribution in [0.15, 0.2) is 42.5 Å². The van der Waals surface area contributed by atoms with Crippen molar-refractivity contribution in [1.29, 1.82) is 0 Å². The monoisotopic (exact) mass is 366 g/mol. The number of hydrogen-bond donors (Lipinski definition) is 2. The van der Waals surface area contributed by atoms with E-state index < -0.39 is 5.91 Å². The van der Waals surface area contributed by atoms with E-state index in [1.165, 1.54) is 29.2 Å². The Kier molecular flexibility index (Phi) is 4.99. The lowest BCUT2D eigenvalue weighted by Gasteiger charge is -2.27. The predicted octanol–water partition coefficient (Wildman–Crippen LogP) is 3.68. The van der Waals surface area contributed by atoms with E-state index in [0.29, 0.717) is 5.56 Å². The summed E-state index contributed by atoms with van der Waals surface area (Å²) in [6.07, 6.45) is 0.850. The molecule has 0 bridgehead atoms. The van der Waals surface area contributed by atoms with Crippen LogP contribution in [0, 0.1) is 5.92 Å². The van der Waals surface area contributed by atoms with E-state index in [2.05, 4.69) is 5.32 Å². The molecule has 6 nitrogen and oxygen atoms in total. The Morgan fingerprint density at radius 2 is 1.74 bits per heavy atom. The van der Waals surface area contributed by atoms with Gasteiger partial charge in [-0.1, -0.05) is 32.4 Å². The number of para-hydroxylation sites is 2. The van der Waals surface area contributed by atoms with Crippen LogP contribution in [0.4, 0.5) is 5.69 Å². The van der Waals surface area contributed by atoms with Crippen molar-refractivity contribution in [2.24, 2.45) is 5.92 Å². The van der Waals surface area contributed by atoms with Gasteiger partial charge in [-0.3, -0.25) is 19.3 Å². The van der Waals surface area contributed by atoms with Crippen molar-refractivity contribution >= 4 is 23.4 Å². The smallest absolute Gasteiger partial charge is 0.261 e. The maximum atomic E-state index is 12.8. The number of phenols is 1. The van der Waals surface area contributed by atoms with Crippen molar-refractivity contribution in [3.8, 4) is 5.75 Å². The van der Waals surface area contributed by atoms with E-state index in [-0.39, 0.29) is 46.3 Å². The number of fused-ring (bicyclic) bond motifs is 1. The summed E-state index contributed by atoms with van der Waals surface area (Å²) in [5, 5.41) is 12.4. The fourth-order valence-electron chi connectivity index (χ4n) is 3.14. The maximum absolute atomic E-state index is 12.8.